The van der Waals surface area contributed by atoms with Crippen LogP contribution in [0.4, 0.5) is 0 Å². The first-order valence-electron chi connectivity index (χ1n) is 7.60. The van der Waals surface area contributed by atoms with Crippen LogP contribution in [-0.2, 0) is 14.6 Å². The van der Waals surface area contributed by atoms with Crippen molar-refractivity contribution in [3.05, 3.63) is 34.9 Å². The molecule has 0 bridgehead atoms. The van der Waals surface area contributed by atoms with Crippen LogP contribution in [-0.4, -0.2) is 43.8 Å². The van der Waals surface area contributed by atoms with E-state index in [1.807, 2.05) is 12.1 Å². The van der Waals surface area contributed by atoms with Gasteiger partial charge in [0.25, 0.3) is 0 Å². The summed E-state index contributed by atoms with van der Waals surface area (Å²) in [4.78, 5) is 14.6. The number of benzene rings is 1. The Bertz CT molecular complexity index is 667. The molecule has 1 aromatic rings. The molecule has 0 aromatic heterocycles. The lowest BCUT2D eigenvalue weighted by Gasteiger charge is -2.28. The molecule has 2 atom stereocenters. The van der Waals surface area contributed by atoms with Crippen molar-refractivity contribution >= 4 is 27.3 Å². The summed E-state index contributed by atoms with van der Waals surface area (Å²) in [6.07, 6.45) is 2.65. The first kappa shape index (κ1) is 15.8. The molecule has 1 saturated heterocycles. The second-order valence-electron chi connectivity index (χ2n) is 6.37. The van der Waals surface area contributed by atoms with Gasteiger partial charge in [0, 0.05) is 18.1 Å². The number of likely N-dealkylation sites (N-methyl/N-ethyl adjacent to an activating group) is 1. The highest BCUT2D eigenvalue weighted by molar-refractivity contribution is 7.91. The fourth-order valence-electron chi connectivity index (χ4n) is 3.20. The number of halogens is 1. The monoisotopic (exact) mass is 341 g/mol. The lowest BCUT2D eigenvalue weighted by atomic mass is 9.92. The van der Waals surface area contributed by atoms with Gasteiger partial charge in [-0.3, -0.25) is 4.79 Å². The molecule has 1 aliphatic carbocycles. The predicted octanol–water partition coefficient (Wildman–Crippen LogP) is 2.48. The van der Waals surface area contributed by atoms with Gasteiger partial charge < -0.3 is 4.90 Å². The van der Waals surface area contributed by atoms with Crippen molar-refractivity contribution in [1.82, 2.24) is 4.90 Å². The van der Waals surface area contributed by atoms with E-state index in [1.165, 1.54) is 0 Å². The minimum absolute atomic E-state index is 0.0342. The van der Waals surface area contributed by atoms with Crippen molar-refractivity contribution in [3.8, 4) is 0 Å². The molecule has 1 aromatic carbocycles. The zero-order valence-corrected chi connectivity index (χ0v) is 14.1. The van der Waals surface area contributed by atoms with Crippen LogP contribution >= 0.6 is 11.6 Å². The Morgan fingerprint density at radius 1 is 1.23 bits per heavy atom. The molecule has 1 aliphatic heterocycles. The molecule has 0 radical (unpaired) electrons. The highest BCUT2D eigenvalue weighted by Crippen LogP contribution is 2.44. The van der Waals surface area contributed by atoms with E-state index in [9.17, 15) is 13.2 Å². The van der Waals surface area contributed by atoms with Gasteiger partial charge in [-0.2, -0.15) is 0 Å². The van der Waals surface area contributed by atoms with Crippen molar-refractivity contribution in [1.29, 1.82) is 0 Å². The first-order chi connectivity index (χ1) is 10.4. The normalized spacial score (nSPS) is 24.9. The van der Waals surface area contributed by atoms with E-state index in [0.29, 0.717) is 17.4 Å². The van der Waals surface area contributed by atoms with E-state index < -0.39 is 9.84 Å². The third-order valence-electron chi connectivity index (χ3n) is 4.69. The number of amides is 1. The Labute approximate surface area is 136 Å². The van der Waals surface area contributed by atoms with Gasteiger partial charge in [-0.15, -0.1) is 0 Å². The van der Waals surface area contributed by atoms with Crippen LogP contribution in [0, 0.1) is 5.92 Å². The molecule has 3 rings (SSSR count). The molecule has 0 spiro atoms. The van der Waals surface area contributed by atoms with Crippen molar-refractivity contribution < 1.29 is 13.2 Å². The molecule has 1 heterocycles. The summed E-state index contributed by atoms with van der Waals surface area (Å²) in [6, 6.07) is 7.23. The summed E-state index contributed by atoms with van der Waals surface area (Å²) in [5.74, 6) is 0.504. The Morgan fingerprint density at radius 3 is 2.36 bits per heavy atom. The third-order valence-corrected chi connectivity index (χ3v) is 6.69. The third kappa shape index (κ3) is 3.30. The molecule has 4 nitrogen and oxygen atoms in total. The molecule has 120 valence electrons. The average Bonchev–Trinajstić information content (AvgIpc) is 3.23. The Kier molecular flexibility index (Phi) is 4.21. The lowest BCUT2D eigenvalue weighted by molar-refractivity contribution is -0.133. The van der Waals surface area contributed by atoms with Crippen molar-refractivity contribution in [3.63, 3.8) is 0 Å². The highest BCUT2D eigenvalue weighted by Gasteiger charge is 2.41. The maximum Gasteiger partial charge on any atom is 0.230 e. The van der Waals surface area contributed by atoms with E-state index >= 15 is 0 Å². The highest BCUT2D eigenvalue weighted by atomic mass is 35.5. The Hall–Kier alpha value is -1.07. The zero-order valence-electron chi connectivity index (χ0n) is 12.5. The Balaban J connectivity index is 1.80. The van der Waals surface area contributed by atoms with Gasteiger partial charge in [0.15, 0.2) is 9.84 Å². The molecule has 1 amide bonds. The van der Waals surface area contributed by atoms with Crippen LogP contribution in [0.1, 0.15) is 30.7 Å². The summed E-state index contributed by atoms with van der Waals surface area (Å²) in [6.45, 7) is 0. The molecule has 2 unspecified atom stereocenters. The molecule has 1 saturated carbocycles. The molecular weight excluding hydrogens is 322 g/mol. The average molecular weight is 342 g/mol. The quantitative estimate of drug-likeness (QED) is 0.845. The number of sulfone groups is 1. The molecular formula is C16H20ClNO3S. The summed E-state index contributed by atoms with van der Waals surface area (Å²) >= 11 is 5.93. The predicted molar refractivity (Wildman–Crippen MR) is 86.7 cm³/mol. The topological polar surface area (TPSA) is 54.5 Å². The minimum atomic E-state index is -2.99. The number of carbonyl (C=O) groups is 1. The number of hydrogen-bond donors (Lipinski definition) is 0. The summed E-state index contributed by atoms with van der Waals surface area (Å²) in [5, 5.41) is 0.654. The molecule has 2 aliphatic rings. The van der Waals surface area contributed by atoms with Crippen molar-refractivity contribution in [2.75, 3.05) is 18.6 Å². The van der Waals surface area contributed by atoms with Crippen LogP contribution in [0.15, 0.2) is 24.3 Å². The summed E-state index contributed by atoms with van der Waals surface area (Å²) in [5.41, 5.74) is 0.976. The van der Waals surface area contributed by atoms with E-state index in [2.05, 4.69) is 0 Å². The van der Waals surface area contributed by atoms with Crippen LogP contribution in [0.2, 0.25) is 5.02 Å². The zero-order chi connectivity index (χ0) is 15.9. The minimum Gasteiger partial charge on any atom is -0.341 e. The first-order valence-corrected chi connectivity index (χ1v) is 9.80. The van der Waals surface area contributed by atoms with E-state index in [4.69, 9.17) is 11.6 Å². The summed E-state index contributed by atoms with van der Waals surface area (Å²) in [7, 11) is -1.25. The smallest absolute Gasteiger partial charge is 0.230 e. The summed E-state index contributed by atoms with van der Waals surface area (Å²) < 4.78 is 23.3. The second kappa shape index (κ2) is 5.85. The number of hydrogen-bond acceptors (Lipinski definition) is 3. The Morgan fingerprint density at radius 2 is 1.86 bits per heavy atom. The molecule has 22 heavy (non-hydrogen) atoms. The lowest BCUT2D eigenvalue weighted by Crippen LogP contribution is -2.41. The standard InChI is InChI=1S/C16H20ClNO3S/c1-18(14-8-9-22(20,21)10-14)16(19)15(11-2-3-11)12-4-6-13(17)7-5-12/h4-7,11,14-15H,2-3,8-10H2,1H3. The fourth-order valence-corrected chi connectivity index (χ4v) is 5.10. The number of nitrogens with zero attached hydrogens (tertiary/aromatic N) is 1. The largest absolute Gasteiger partial charge is 0.341 e. The van der Waals surface area contributed by atoms with Gasteiger partial charge in [0.1, 0.15) is 0 Å². The molecule has 0 N–H and O–H groups in total. The van der Waals surface area contributed by atoms with Crippen LogP contribution < -0.4 is 0 Å². The fraction of sp³-hybridized carbons (Fsp3) is 0.562. The number of rotatable bonds is 4. The number of carbonyl (C=O) groups excluding carboxylic acids is 1. The van der Waals surface area contributed by atoms with Gasteiger partial charge in [-0.05, 0) is 42.9 Å². The van der Waals surface area contributed by atoms with E-state index in [1.54, 1.807) is 24.1 Å². The van der Waals surface area contributed by atoms with Gasteiger partial charge in [-0.1, -0.05) is 23.7 Å². The van der Waals surface area contributed by atoms with E-state index in [-0.39, 0.29) is 29.4 Å². The van der Waals surface area contributed by atoms with Crippen molar-refractivity contribution in [2.45, 2.75) is 31.2 Å². The van der Waals surface area contributed by atoms with Crippen LogP contribution in [0.25, 0.3) is 0 Å². The maximum absolute atomic E-state index is 12.9. The van der Waals surface area contributed by atoms with Gasteiger partial charge in [0.05, 0.1) is 17.4 Å². The SMILES string of the molecule is CN(C(=O)C(c1ccc(Cl)cc1)C1CC1)C1CCS(=O)(=O)C1. The van der Waals surface area contributed by atoms with E-state index in [0.717, 1.165) is 18.4 Å². The van der Waals surface area contributed by atoms with Crippen LogP contribution in [0.5, 0.6) is 0 Å². The van der Waals surface area contributed by atoms with Crippen LogP contribution in [0.3, 0.4) is 0 Å². The molecule has 2 fully saturated rings. The molecule has 6 heteroatoms. The second-order valence-corrected chi connectivity index (χ2v) is 9.04. The van der Waals surface area contributed by atoms with Gasteiger partial charge in [-0.25, -0.2) is 8.42 Å². The van der Waals surface area contributed by atoms with Crippen molar-refractivity contribution in [2.24, 2.45) is 5.92 Å². The van der Waals surface area contributed by atoms with Gasteiger partial charge >= 0.3 is 0 Å². The maximum atomic E-state index is 12.9. The van der Waals surface area contributed by atoms with Gasteiger partial charge in [0.2, 0.25) is 5.91 Å².